The zero-order chi connectivity index (χ0) is 15.6. The summed E-state index contributed by atoms with van der Waals surface area (Å²) in [7, 11) is 0. The van der Waals surface area contributed by atoms with E-state index < -0.39 is 0 Å². The van der Waals surface area contributed by atoms with Crippen molar-refractivity contribution >= 4 is 12.1 Å². The highest BCUT2D eigenvalue weighted by Gasteiger charge is 2.01. The van der Waals surface area contributed by atoms with Crippen LogP contribution < -0.4 is 0 Å². The lowest BCUT2D eigenvalue weighted by Crippen LogP contribution is -1.97. The van der Waals surface area contributed by atoms with Crippen LogP contribution >= 0.6 is 0 Å². The average molecular weight is 294 g/mol. The van der Waals surface area contributed by atoms with E-state index in [0.29, 0.717) is 12.2 Å². The van der Waals surface area contributed by atoms with E-state index in [0.717, 1.165) is 57.7 Å². The van der Waals surface area contributed by atoms with E-state index in [4.69, 9.17) is 0 Å². The van der Waals surface area contributed by atoms with E-state index in [1.54, 1.807) is 0 Å². The number of hydrogen-bond acceptors (Lipinski definition) is 2. The van der Waals surface area contributed by atoms with Crippen LogP contribution in [0.25, 0.3) is 0 Å². The summed E-state index contributed by atoms with van der Waals surface area (Å²) in [6, 6.07) is 0. The molecule has 0 amide bonds. The number of ketones is 1. The Kier molecular flexibility index (Phi) is 16.4. The van der Waals surface area contributed by atoms with Gasteiger partial charge in [-0.1, -0.05) is 51.2 Å². The van der Waals surface area contributed by atoms with Crippen LogP contribution in [0.2, 0.25) is 0 Å². The van der Waals surface area contributed by atoms with E-state index in [2.05, 4.69) is 19.1 Å². The molecular formula is C19H34O2. The van der Waals surface area contributed by atoms with Crippen LogP contribution in [0.5, 0.6) is 0 Å². The molecule has 0 aromatic heterocycles. The van der Waals surface area contributed by atoms with Crippen molar-refractivity contribution in [2.24, 2.45) is 0 Å². The van der Waals surface area contributed by atoms with Crippen LogP contribution in [0.4, 0.5) is 0 Å². The monoisotopic (exact) mass is 294 g/mol. The molecule has 0 spiro atoms. The van der Waals surface area contributed by atoms with Crippen LogP contribution in [0.1, 0.15) is 96.8 Å². The van der Waals surface area contributed by atoms with Crippen LogP contribution in [-0.4, -0.2) is 12.1 Å². The molecule has 2 heteroatoms. The molecule has 0 unspecified atom stereocenters. The molecule has 0 rings (SSSR count). The number of rotatable bonds is 16. The molecule has 0 saturated carbocycles. The number of aldehydes is 1. The van der Waals surface area contributed by atoms with E-state index >= 15 is 0 Å². The number of carbonyl (C=O) groups is 2. The summed E-state index contributed by atoms with van der Waals surface area (Å²) in [4.78, 5) is 21.8. The van der Waals surface area contributed by atoms with Crippen molar-refractivity contribution in [3.63, 3.8) is 0 Å². The van der Waals surface area contributed by atoms with E-state index in [9.17, 15) is 9.59 Å². The molecule has 122 valence electrons. The highest BCUT2D eigenvalue weighted by Crippen LogP contribution is 2.11. The van der Waals surface area contributed by atoms with Crippen molar-refractivity contribution in [2.45, 2.75) is 96.8 Å². The summed E-state index contributed by atoms with van der Waals surface area (Å²) >= 11 is 0. The first-order valence-corrected chi connectivity index (χ1v) is 8.91. The maximum Gasteiger partial charge on any atom is 0.132 e. The first-order valence-electron chi connectivity index (χ1n) is 8.91. The Labute approximate surface area is 131 Å². The first-order chi connectivity index (χ1) is 10.3. The van der Waals surface area contributed by atoms with Gasteiger partial charge in [0.1, 0.15) is 12.1 Å². The Hall–Kier alpha value is -0.920. The maximum absolute atomic E-state index is 11.7. The topological polar surface area (TPSA) is 34.1 Å². The molecule has 0 aliphatic carbocycles. The lowest BCUT2D eigenvalue weighted by molar-refractivity contribution is -0.119. The summed E-state index contributed by atoms with van der Waals surface area (Å²) in [5.41, 5.74) is 0. The van der Waals surface area contributed by atoms with Gasteiger partial charge < -0.3 is 4.79 Å². The molecule has 21 heavy (non-hydrogen) atoms. The molecule has 0 heterocycles. The third-order valence-electron chi connectivity index (χ3n) is 3.76. The van der Waals surface area contributed by atoms with Gasteiger partial charge >= 0.3 is 0 Å². The molecule has 0 aromatic rings. The number of allylic oxidation sites excluding steroid dienone is 2. The summed E-state index contributed by atoms with van der Waals surface area (Å²) < 4.78 is 0. The summed E-state index contributed by atoms with van der Waals surface area (Å²) in [6.45, 7) is 2.14. The third-order valence-corrected chi connectivity index (χ3v) is 3.76. The first kappa shape index (κ1) is 20.1. The minimum atomic E-state index is 0.445. The van der Waals surface area contributed by atoms with Gasteiger partial charge in [-0.25, -0.2) is 0 Å². The van der Waals surface area contributed by atoms with Gasteiger partial charge in [-0.3, -0.25) is 4.79 Å². The van der Waals surface area contributed by atoms with Crippen LogP contribution in [-0.2, 0) is 9.59 Å². The SMILES string of the molecule is CCC=CCCCCC(=O)CCCCCCCCCC=O. The Bertz CT molecular complexity index is 269. The van der Waals surface area contributed by atoms with E-state index in [1.807, 2.05) is 0 Å². The van der Waals surface area contributed by atoms with Gasteiger partial charge in [0.15, 0.2) is 0 Å². The number of hydrogen-bond donors (Lipinski definition) is 0. The molecule has 0 atom stereocenters. The minimum absolute atomic E-state index is 0.445. The van der Waals surface area contributed by atoms with Crippen molar-refractivity contribution in [3.05, 3.63) is 12.2 Å². The smallest absolute Gasteiger partial charge is 0.132 e. The molecule has 0 aliphatic heterocycles. The van der Waals surface area contributed by atoms with Gasteiger partial charge in [-0.2, -0.15) is 0 Å². The van der Waals surface area contributed by atoms with Gasteiger partial charge in [0, 0.05) is 19.3 Å². The summed E-state index contributed by atoms with van der Waals surface area (Å²) in [6.07, 6.45) is 20.2. The second kappa shape index (κ2) is 17.1. The molecule has 0 N–H and O–H groups in total. The second-order valence-corrected chi connectivity index (χ2v) is 5.84. The Morgan fingerprint density at radius 1 is 0.714 bits per heavy atom. The largest absolute Gasteiger partial charge is 0.303 e. The molecule has 0 radical (unpaired) electrons. The lowest BCUT2D eigenvalue weighted by atomic mass is 10.0. The minimum Gasteiger partial charge on any atom is -0.303 e. The molecule has 0 bridgehead atoms. The molecule has 0 aromatic carbocycles. The quantitative estimate of drug-likeness (QED) is 0.205. The van der Waals surface area contributed by atoms with Crippen LogP contribution in [0.15, 0.2) is 12.2 Å². The van der Waals surface area contributed by atoms with Crippen LogP contribution in [0, 0.1) is 0 Å². The Morgan fingerprint density at radius 2 is 1.24 bits per heavy atom. The fourth-order valence-corrected chi connectivity index (χ4v) is 2.43. The number of unbranched alkanes of at least 4 members (excludes halogenated alkanes) is 9. The predicted molar refractivity (Wildman–Crippen MR) is 90.5 cm³/mol. The zero-order valence-corrected chi connectivity index (χ0v) is 13.9. The van der Waals surface area contributed by atoms with Gasteiger partial charge in [0.05, 0.1) is 0 Å². The van der Waals surface area contributed by atoms with Gasteiger partial charge in [-0.15, -0.1) is 0 Å². The highest BCUT2D eigenvalue weighted by atomic mass is 16.1. The molecule has 0 saturated heterocycles. The highest BCUT2D eigenvalue weighted by molar-refractivity contribution is 5.78. The van der Waals surface area contributed by atoms with Crippen molar-refractivity contribution in [1.82, 2.24) is 0 Å². The average Bonchev–Trinajstić information content (AvgIpc) is 2.49. The predicted octanol–water partition coefficient (Wildman–Crippen LogP) is 5.79. The second-order valence-electron chi connectivity index (χ2n) is 5.84. The summed E-state index contributed by atoms with van der Waals surface area (Å²) in [5, 5.41) is 0. The normalized spacial score (nSPS) is 11.1. The van der Waals surface area contributed by atoms with Gasteiger partial charge in [0.2, 0.25) is 0 Å². The van der Waals surface area contributed by atoms with Crippen molar-refractivity contribution < 1.29 is 9.59 Å². The van der Waals surface area contributed by atoms with Crippen molar-refractivity contribution in [3.8, 4) is 0 Å². The maximum atomic E-state index is 11.7. The standard InChI is InChI=1S/C19H34O2/c1-2-3-4-5-10-13-16-19(21)17-14-11-8-6-7-9-12-15-18-20/h3-4,18H,2,5-17H2,1H3. The molecular weight excluding hydrogens is 260 g/mol. The van der Waals surface area contributed by atoms with Crippen molar-refractivity contribution in [1.29, 1.82) is 0 Å². The van der Waals surface area contributed by atoms with E-state index in [1.165, 1.54) is 32.1 Å². The fraction of sp³-hybridized carbons (Fsp3) is 0.789. The van der Waals surface area contributed by atoms with Gasteiger partial charge in [0.25, 0.3) is 0 Å². The molecule has 0 fully saturated rings. The van der Waals surface area contributed by atoms with Crippen LogP contribution in [0.3, 0.4) is 0 Å². The zero-order valence-electron chi connectivity index (χ0n) is 13.9. The summed E-state index contributed by atoms with van der Waals surface area (Å²) in [5.74, 6) is 0.445. The Morgan fingerprint density at radius 3 is 1.86 bits per heavy atom. The van der Waals surface area contributed by atoms with Crippen molar-refractivity contribution in [2.75, 3.05) is 0 Å². The molecule has 2 nitrogen and oxygen atoms in total. The fourth-order valence-electron chi connectivity index (χ4n) is 2.43. The van der Waals surface area contributed by atoms with E-state index in [-0.39, 0.29) is 0 Å². The Balaban J connectivity index is 3.19. The lowest BCUT2D eigenvalue weighted by Gasteiger charge is -2.02. The third kappa shape index (κ3) is 17.0. The van der Waals surface area contributed by atoms with Gasteiger partial charge in [-0.05, 0) is 38.5 Å². The molecule has 0 aliphatic rings. The number of carbonyl (C=O) groups excluding carboxylic acids is 2. The number of Topliss-reactive ketones (excluding diaryl/α,β-unsaturated/α-hetero) is 1.